The van der Waals surface area contributed by atoms with Crippen molar-refractivity contribution in [2.24, 2.45) is 0 Å². The Balaban J connectivity index is 3.67. The predicted molar refractivity (Wildman–Crippen MR) is 51.9 cm³/mol. The van der Waals surface area contributed by atoms with Crippen molar-refractivity contribution >= 4 is 11.9 Å². The van der Waals surface area contributed by atoms with Gasteiger partial charge in [0.1, 0.15) is 0 Å². The lowest BCUT2D eigenvalue weighted by Crippen LogP contribution is -2.36. The van der Waals surface area contributed by atoms with Crippen molar-refractivity contribution in [1.29, 1.82) is 0 Å². The van der Waals surface area contributed by atoms with Crippen molar-refractivity contribution in [2.75, 3.05) is 19.8 Å². The minimum absolute atomic E-state index is 0.0834. The number of aliphatic hydroxyl groups is 2. The first-order chi connectivity index (χ1) is 6.97. The summed E-state index contributed by atoms with van der Waals surface area (Å²) in [5.41, 5.74) is 0.207. The van der Waals surface area contributed by atoms with E-state index in [0.717, 1.165) is 0 Å². The number of nitrogens with one attached hydrogen (secondary N) is 1. The molecule has 0 aromatic heterocycles. The predicted octanol–water partition coefficient (Wildman–Crippen LogP) is -1.42. The van der Waals surface area contributed by atoms with Crippen molar-refractivity contribution in [3.8, 4) is 0 Å². The van der Waals surface area contributed by atoms with Crippen LogP contribution in [-0.2, 0) is 14.3 Å². The number of rotatable bonds is 6. The number of ether oxygens (including phenoxy) is 1. The minimum atomic E-state index is -1.01. The van der Waals surface area contributed by atoms with Gasteiger partial charge < -0.3 is 20.3 Å². The topological polar surface area (TPSA) is 95.9 Å². The van der Waals surface area contributed by atoms with E-state index in [-0.39, 0.29) is 12.1 Å². The van der Waals surface area contributed by atoms with Gasteiger partial charge in [0.2, 0.25) is 0 Å². The van der Waals surface area contributed by atoms with Crippen LogP contribution in [0.5, 0.6) is 0 Å². The summed E-state index contributed by atoms with van der Waals surface area (Å²) in [6.45, 7) is 3.86. The molecule has 0 radical (unpaired) electrons. The second-order valence-corrected chi connectivity index (χ2v) is 3.00. The fourth-order valence-corrected chi connectivity index (χ4v) is 0.602. The van der Waals surface area contributed by atoms with Crippen LogP contribution in [0, 0.1) is 0 Å². The Hall–Kier alpha value is -1.40. The monoisotopic (exact) mass is 217 g/mol. The SMILES string of the molecule is C=C(C)C(=O)OCC(=O)NCC(O)CO. The Kier molecular flexibility index (Phi) is 6.32. The molecule has 0 spiro atoms. The average molecular weight is 217 g/mol. The number of aliphatic hydroxyl groups excluding tert-OH is 2. The normalized spacial score (nSPS) is 11.7. The average Bonchev–Trinajstić information content (AvgIpc) is 2.21. The molecule has 6 heteroatoms. The molecule has 0 bridgehead atoms. The van der Waals surface area contributed by atoms with E-state index in [1.54, 1.807) is 0 Å². The van der Waals surface area contributed by atoms with Crippen molar-refractivity contribution in [1.82, 2.24) is 5.32 Å². The number of hydrogen-bond donors (Lipinski definition) is 3. The zero-order valence-electron chi connectivity index (χ0n) is 8.52. The van der Waals surface area contributed by atoms with Crippen LogP contribution in [-0.4, -0.2) is 48.0 Å². The van der Waals surface area contributed by atoms with Crippen molar-refractivity contribution in [3.05, 3.63) is 12.2 Å². The van der Waals surface area contributed by atoms with E-state index in [2.05, 4.69) is 16.6 Å². The Morgan fingerprint density at radius 2 is 2.13 bits per heavy atom. The van der Waals surface area contributed by atoms with E-state index >= 15 is 0 Å². The molecule has 86 valence electrons. The molecule has 0 saturated carbocycles. The third kappa shape index (κ3) is 6.64. The molecule has 1 unspecified atom stereocenters. The van der Waals surface area contributed by atoms with Gasteiger partial charge in [-0.2, -0.15) is 0 Å². The Morgan fingerprint density at radius 1 is 1.53 bits per heavy atom. The number of carbonyl (C=O) groups is 2. The van der Waals surface area contributed by atoms with Gasteiger partial charge in [0.05, 0.1) is 12.7 Å². The van der Waals surface area contributed by atoms with Gasteiger partial charge >= 0.3 is 5.97 Å². The highest BCUT2D eigenvalue weighted by Crippen LogP contribution is 1.91. The summed E-state index contributed by atoms with van der Waals surface area (Å²) >= 11 is 0. The van der Waals surface area contributed by atoms with Crippen LogP contribution in [0.15, 0.2) is 12.2 Å². The summed E-state index contributed by atoms with van der Waals surface area (Å²) in [6, 6.07) is 0. The number of esters is 1. The summed E-state index contributed by atoms with van der Waals surface area (Å²) in [7, 11) is 0. The molecule has 3 N–H and O–H groups in total. The maximum Gasteiger partial charge on any atom is 0.333 e. The van der Waals surface area contributed by atoms with E-state index in [1.807, 2.05) is 0 Å². The first kappa shape index (κ1) is 13.6. The van der Waals surface area contributed by atoms with Crippen LogP contribution in [0.1, 0.15) is 6.92 Å². The van der Waals surface area contributed by atoms with Crippen LogP contribution < -0.4 is 5.32 Å². The molecule has 0 aromatic rings. The highest BCUT2D eigenvalue weighted by atomic mass is 16.5. The second-order valence-electron chi connectivity index (χ2n) is 3.00. The van der Waals surface area contributed by atoms with E-state index in [0.29, 0.717) is 0 Å². The Labute approximate surface area is 87.5 Å². The van der Waals surface area contributed by atoms with Crippen molar-refractivity contribution < 1.29 is 24.5 Å². The summed E-state index contributed by atoms with van der Waals surface area (Å²) in [5, 5.41) is 19.6. The third-order valence-corrected chi connectivity index (χ3v) is 1.43. The molecule has 15 heavy (non-hydrogen) atoms. The summed E-state index contributed by atoms with van der Waals surface area (Å²) in [5.74, 6) is -1.19. The zero-order valence-corrected chi connectivity index (χ0v) is 8.52. The van der Waals surface area contributed by atoms with Crippen LogP contribution in [0.2, 0.25) is 0 Å². The third-order valence-electron chi connectivity index (χ3n) is 1.43. The van der Waals surface area contributed by atoms with Gasteiger partial charge in [-0.05, 0) is 6.92 Å². The molecule has 0 rings (SSSR count). The molecule has 1 amide bonds. The Morgan fingerprint density at radius 3 is 2.60 bits per heavy atom. The maximum atomic E-state index is 11.0. The van der Waals surface area contributed by atoms with Gasteiger partial charge in [0.15, 0.2) is 6.61 Å². The maximum absolute atomic E-state index is 11.0. The Bertz CT molecular complexity index is 251. The smallest absolute Gasteiger partial charge is 0.333 e. The lowest BCUT2D eigenvalue weighted by molar-refractivity contribution is -0.144. The fourth-order valence-electron chi connectivity index (χ4n) is 0.602. The standard InChI is InChI=1S/C9H15NO5/c1-6(2)9(14)15-5-8(13)10-3-7(12)4-11/h7,11-12H,1,3-5H2,2H3,(H,10,13). The number of carbonyl (C=O) groups excluding carboxylic acids is 2. The molecule has 0 aromatic carbocycles. The molecular weight excluding hydrogens is 202 g/mol. The van der Waals surface area contributed by atoms with E-state index in [9.17, 15) is 9.59 Å². The minimum Gasteiger partial charge on any atom is -0.452 e. The largest absolute Gasteiger partial charge is 0.452 e. The molecule has 1 atom stereocenters. The van der Waals surface area contributed by atoms with Gasteiger partial charge in [-0.15, -0.1) is 0 Å². The molecule has 0 aliphatic carbocycles. The van der Waals surface area contributed by atoms with E-state index in [1.165, 1.54) is 6.92 Å². The molecule has 0 heterocycles. The first-order valence-corrected chi connectivity index (χ1v) is 4.35. The van der Waals surface area contributed by atoms with E-state index < -0.39 is 31.2 Å². The molecular formula is C9H15NO5. The lowest BCUT2D eigenvalue weighted by Gasteiger charge is -2.09. The number of hydrogen-bond acceptors (Lipinski definition) is 5. The van der Waals surface area contributed by atoms with Gasteiger partial charge in [-0.25, -0.2) is 4.79 Å². The summed E-state index contributed by atoms with van der Waals surface area (Å²) in [4.78, 5) is 21.8. The number of amides is 1. The quantitative estimate of drug-likeness (QED) is 0.374. The summed E-state index contributed by atoms with van der Waals surface area (Å²) in [6.07, 6.45) is -1.01. The first-order valence-electron chi connectivity index (χ1n) is 4.35. The molecule has 0 saturated heterocycles. The van der Waals surface area contributed by atoms with Gasteiger partial charge in [-0.3, -0.25) is 4.79 Å². The van der Waals surface area contributed by atoms with Crippen molar-refractivity contribution in [3.63, 3.8) is 0 Å². The van der Waals surface area contributed by atoms with Crippen molar-refractivity contribution in [2.45, 2.75) is 13.0 Å². The molecule has 0 fully saturated rings. The van der Waals surface area contributed by atoms with Gasteiger partial charge in [0, 0.05) is 12.1 Å². The molecule has 0 aliphatic rings. The summed E-state index contributed by atoms with van der Waals surface area (Å²) < 4.78 is 4.54. The van der Waals surface area contributed by atoms with Gasteiger partial charge in [0.25, 0.3) is 5.91 Å². The van der Waals surface area contributed by atoms with Crippen LogP contribution in [0.4, 0.5) is 0 Å². The van der Waals surface area contributed by atoms with Crippen LogP contribution in [0.3, 0.4) is 0 Å². The molecule has 6 nitrogen and oxygen atoms in total. The zero-order chi connectivity index (χ0) is 11.8. The van der Waals surface area contributed by atoms with Crippen LogP contribution in [0.25, 0.3) is 0 Å². The molecule has 0 aliphatic heterocycles. The fraction of sp³-hybridized carbons (Fsp3) is 0.556. The van der Waals surface area contributed by atoms with Crippen LogP contribution >= 0.6 is 0 Å². The van der Waals surface area contributed by atoms with Gasteiger partial charge in [-0.1, -0.05) is 6.58 Å². The highest BCUT2D eigenvalue weighted by Gasteiger charge is 2.09. The van der Waals surface area contributed by atoms with E-state index in [4.69, 9.17) is 10.2 Å². The highest BCUT2D eigenvalue weighted by molar-refractivity contribution is 5.89. The second kappa shape index (κ2) is 6.97. The lowest BCUT2D eigenvalue weighted by atomic mass is 10.3.